The molecule has 0 fully saturated rings. The van der Waals surface area contributed by atoms with E-state index in [1.54, 1.807) is 0 Å². The van der Waals surface area contributed by atoms with Crippen molar-refractivity contribution in [3.8, 4) is 17.1 Å². The van der Waals surface area contributed by atoms with E-state index in [1.165, 1.54) is 5.57 Å². The third kappa shape index (κ3) is 7.31. The van der Waals surface area contributed by atoms with Crippen molar-refractivity contribution < 1.29 is 14.6 Å². The normalized spacial score (nSPS) is 14.1. The van der Waals surface area contributed by atoms with Crippen molar-refractivity contribution in [2.75, 3.05) is 13.2 Å². The minimum Gasteiger partial charge on any atom is -0.480 e. The number of ether oxygens (including phenoxy) is 1. The maximum atomic E-state index is 10.7. The summed E-state index contributed by atoms with van der Waals surface area (Å²) in [6.45, 7) is 4.21. The first-order valence-corrected chi connectivity index (χ1v) is 11.4. The molecular formula is C27H33N3O3. The number of pyridine rings is 1. The second-order valence-corrected chi connectivity index (χ2v) is 8.87. The molecule has 3 rings (SSSR count). The van der Waals surface area contributed by atoms with Gasteiger partial charge in [0.25, 0.3) is 0 Å². The Morgan fingerprint density at radius 1 is 1.15 bits per heavy atom. The van der Waals surface area contributed by atoms with Crippen LogP contribution < -0.4 is 10.5 Å². The molecule has 0 spiro atoms. The molecule has 0 aliphatic heterocycles. The summed E-state index contributed by atoms with van der Waals surface area (Å²) in [5.74, 6) is 0.0146. The Morgan fingerprint density at radius 3 is 2.64 bits per heavy atom. The Morgan fingerprint density at radius 2 is 1.94 bits per heavy atom. The van der Waals surface area contributed by atoms with Gasteiger partial charge in [0.2, 0.25) is 5.88 Å². The number of carbonyl (C=O) groups is 1. The van der Waals surface area contributed by atoms with Crippen LogP contribution in [0.4, 0.5) is 0 Å². The maximum Gasteiger partial charge on any atom is 0.325 e. The maximum absolute atomic E-state index is 10.7. The lowest BCUT2D eigenvalue weighted by Gasteiger charge is -2.23. The molecule has 2 aromatic rings. The SMILES string of the molecule is CC(C)(CCCCOc1cc(C2=CCCC=C2)cc(-c2ccccc2)n1)C(N)=NCC(=O)O. The first kappa shape index (κ1) is 24.2. The van der Waals surface area contributed by atoms with Crippen LogP contribution >= 0.6 is 0 Å². The second-order valence-electron chi connectivity index (χ2n) is 8.87. The van der Waals surface area contributed by atoms with Gasteiger partial charge in [0.1, 0.15) is 12.4 Å². The Labute approximate surface area is 195 Å². The number of rotatable bonds is 11. The summed E-state index contributed by atoms with van der Waals surface area (Å²) in [5, 5.41) is 8.79. The minimum atomic E-state index is -0.980. The number of carboxylic acid groups (broad SMARTS) is 1. The number of aromatic nitrogens is 1. The van der Waals surface area contributed by atoms with E-state index in [0.29, 0.717) is 18.3 Å². The third-order valence-corrected chi connectivity index (χ3v) is 5.72. The summed E-state index contributed by atoms with van der Waals surface area (Å²) in [7, 11) is 0. The van der Waals surface area contributed by atoms with Crippen LogP contribution in [0.2, 0.25) is 0 Å². The molecular weight excluding hydrogens is 414 g/mol. The number of allylic oxidation sites excluding steroid dienone is 4. The van der Waals surface area contributed by atoms with Gasteiger partial charge in [-0.1, -0.05) is 62.4 Å². The lowest BCUT2D eigenvalue weighted by Crippen LogP contribution is -2.32. The molecule has 0 unspecified atom stereocenters. The van der Waals surface area contributed by atoms with E-state index in [4.69, 9.17) is 20.6 Å². The monoisotopic (exact) mass is 447 g/mol. The lowest BCUT2D eigenvalue weighted by molar-refractivity contribution is -0.135. The zero-order valence-corrected chi connectivity index (χ0v) is 19.5. The zero-order chi connectivity index (χ0) is 23.7. The van der Waals surface area contributed by atoms with Crippen LogP contribution in [-0.2, 0) is 4.79 Å². The summed E-state index contributed by atoms with van der Waals surface area (Å²) in [5.41, 5.74) is 9.91. The van der Waals surface area contributed by atoms with Gasteiger partial charge in [0.05, 0.1) is 12.3 Å². The first-order valence-electron chi connectivity index (χ1n) is 11.4. The van der Waals surface area contributed by atoms with Gasteiger partial charge in [0.15, 0.2) is 0 Å². The highest BCUT2D eigenvalue weighted by Gasteiger charge is 2.22. The summed E-state index contributed by atoms with van der Waals surface area (Å²) in [4.78, 5) is 19.4. The number of unbranched alkanes of at least 4 members (excludes halogenated alkanes) is 1. The van der Waals surface area contributed by atoms with Crippen molar-refractivity contribution in [3.05, 3.63) is 66.3 Å². The van der Waals surface area contributed by atoms with Gasteiger partial charge in [-0.3, -0.25) is 9.79 Å². The van der Waals surface area contributed by atoms with Gasteiger partial charge in [0, 0.05) is 17.0 Å². The van der Waals surface area contributed by atoms with Crippen molar-refractivity contribution in [3.63, 3.8) is 0 Å². The van der Waals surface area contributed by atoms with Crippen LogP contribution in [0.15, 0.2) is 65.7 Å². The fourth-order valence-corrected chi connectivity index (χ4v) is 3.67. The number of nitrogens with two attached hydrogens (primary N) is 1. The van der Waals surface area contributed by atoms with Crippen LogP contribution in [0.3, 0.4) is 0 Å². The van der Waals surface area contributed by atoms with Crippen LogP contribution in [-0.4, -0.2) is 35.0 Å². The molecule has 1 aromatic carbocycles. The standard InChI is InChI=1S/C27H33N3O3/c1-27(2,26(28)29-19-25(31)32)15-9-10-16-33-24-18-22(20-11-5-3-6-12-20)17-23(30-24)21-13-7-4-8-14-21/h4-5,7-8,11-14,17-18H,3,6,9-10,15-16,19H2,1-2H3,(H2,28,29)(H,31,32). The fourth-order valence-electron chi connectivity index (χ4n) is 3.67. The summed E-state index contributed by atoms with van der Waals surface area (Å²) >= 11 is 0. The molecule has 0 radical (unpaired) electrons. The molecule has 33 heavy (non-hydrogen) atoms. The van der Waals surface area contributed by atoms with E-state index in [2.05, 4.69) is 41.4 Å². The number of benzene rings is 1. The topological polar surface area (TPSA) is 97.8 Å². The molecule has 3 N–H and O–H groups in total. The number of nitrogens with zero attached hydrogens (tertiary/aromatic N) is 2. The van der Waals surface area contributed by atoms with Crippen LogP contribution in [0.25, 0.3) is 16.8 Å². The average Bonchev–Trinajstić information content (AvgIpc) is 2.83. The fraction of sp³-hybridized carbons (Fsp3) is 0.370. The molecule has 0 atom stereocenters. The highest BCUT2D eigenvalue weighted by molar-refractivity contribution is 5.87. The van der Waals surface area contributed by atoms with Gasteiger partial charge in [-0.15, -0.1) is 0 Å². The van der Waals surface area contributed by atoms with Gasteiger partial charge in [-0.05, 0) is 49.3 Å². The Bertz CT molecular complexity index is 1040. The van der Waals surface area contributed by atoms with E-state index < -0.39 is 5.97 Å². The van der Waals surface area contributed by atoms with E-state index in [0.717, 1.165) is 48.9 Å². The molecule has 0 bridgehead atoms. The molecule has 6 nitrogen and oxygen atoms in total. The largest absolute Gasteiger partial charge is 0.480 e. The number of hydrogen-bond donors (Lipinski definition) is 2. The van der Waals surface area contributed by atoms with Gasteiger partial charge < -0.3 is 15.6 Å². The van der Waals surface area contributed by atoms with Gasteiger partial charge >= 0.3 is 5.97 Å². The average molecular weight is 448 g/mol. The summed E-state index contributed by atoms with van der Waals surface area (Å²) in [6.07, 6.45) is 11.3. The summed E-state index contributed by atoms with van der Waals surface area (Å²) < 4.78 is 6.05. The van der Waals surface area contributed by atoms with E-state index in [1.807, 2.05) is 38.1 Å². The highest BCUT2D eigenvalue weighted by atomic mass is 16.5. The van der Waals surface area contributed by atoms with Crippen molar-refractivity contribution in [1.82, 2.24) is 4.98 Å². The number of carboxylic acids is 1. The Balaban J connectivity index is 1.63. The molecule has 0 amide bonds. The van der Waals surface area contributed by atoms with E-state index in [9.17, 15) is 4.79 Å². The summed E-state index contributed by atoms with van der Waals surface area (Å²) in [6, 6.07) is 14.3. The van der Waals surface area contributed by atoms with Crippen molar-refractivity contribution in [2.45, 2.75) is 46.0 Å². The van der Waals surface area contributed by atoms with Crippen LogP contribution in [0.5, 0.6) is 5.88 Å². The van der Waals surface area contributed by atoms with Gasteiger partial charge in [-0.2, -0.15) is 0 Å². The molecule has 6 heteroatoms. The predicted molar refractivity (Wildman–Crippen MR) is 133 cm³/mol. The number of amidine groups is 1. The molecule has 1 aliphatic carbocycles. The third-order valence-electron chi connectivity index (χ3n) is 5.72. The van der Waals surface area contributed by atoms with Gasteiger partial charge in [-0.25, -0.2) is 4.98 Å². The highest BCUT2D eigenvalue weighted by Crippen LogP contribution is 2.29. The molecule has 174 valence electrons. The second kappa shape index (κ2) is 11.5. The quantitative estimate of drug-likeness (QED) is 0.269. The minimum absolute atomic E-state index is 0.296. The number of aliphatic carboxylic acids is 1. The molecule has 1 heterocycles. The Kier molecular flexibility index (Phi) is 8.41. The van der Waals surface area contributed by atoms with Crippen LogP contribution in [0.1, 0.15) is 51.5 Å². The van der Waals surface area contributed by atoms with Crippen LogP contribution in [0, 0.1) is 5.41 Å². The van der Waals surface area contributed by atoms with E-state index >= 15 is 0 Å². The number of aliphatic imine (C=N–C) groups is 1. The molecule has 0 saturated heterocycles. The predicted octanol–water partition coefficient (Wildman–Crippen LogP) is 5.50. The van der Waals surface area contributed by atoms with E-state index in [-0.39, 0.29) is 12.0 Å². The molecule has 1 aromatic heterocycles. The first-order chi connectivity index (χ1) is 15.8. The zero-order valence-electron chi connectivity index (χ0n) is 19.5. The smallest absolute Gasteiger partial charge is 0.325 e. The number of hydrogen-bond acceptors (Lipinski definition) is 4. The molecule has 0 saturated carbocycles. The lowest BCUT2D eigenvalue weighted by atomic mass is 9.86. The Hall–Kier alpha value is -3.41. The molecule has 1 aliphatic rings. The van der Waals surface area contributed by atoms with Crippen molar-refractivity contribution >= 4 is 17.4 Å². The van der Waals surface area contributed by atoms with Crippen molar-refractivity contribution in [1.29, 1.82) is 0 Å². The van der Waals surface area contributed by atoms with Crippen molar-refractivity contribution in [2.24, 2.45) is 16.1 Å².